The summed E-state index contributed by atoms with van der Waals surface area (Å²) in [5, 5.41) is 0. The van der Waals surface area contributed by atoms with Crippen molar-refractivity contribution in [3.8, 4) is 0 Å². The molecule has 0 bridgehead atoms. The number of alkyl halides is 1. The monoisotopic (exact) mass is 363 g/mol. The third-order valence-electron chi connectivity index (χ3n) is 3.74. The Balaban J connectivity index is 3.41. The minimum atomic E-state index is -0.563. The fourth-order valence-corrected chi connectivity index (χ4v) is 2.39. The summed E-state index contributed by atoms with van der Waals surface area (Å²) in [6.45, 7) is 2.69. The molecule has 0 aromatic rings. The van der Waals surface area contributed by atoms with Crippen LogP contribution in [0.3, 0.4) is 0 Å². The van der Waals surface area contributed by atoms with E-state index in [-0.39, 0.29) is 19.0 Å². The van der Waals surface area contributed by atoms with Crippen LogP contribution in [-0.4, -0.2) is 49.6 Å². The number of esters is 1. The molecule has 0 spiro atoms. The summed E-state index contributed by atoms with van der Waals surface area (Å²) in [7, 11) is 1.50. The molecule has 0 aromatic heterocycles. The Morgan fingerprint density at radius 2 is 1.38 bits per heavy atom. The van der Waals surface area contributed by atoms with E-state index in [1.165, 1.54) is 63.3 Å². The number of rotatable bonds is 15. The maximum atomic E-state index is 11.6. The third-order valence-corrected chi connectivity index (χ3v) is 3.90. The largest absolute Gasteiger partial charge is 0.464 e. The predicted molar refractivity (Wildman–Crippen MR) is 97.5 cm³/mol. The summed E-state index contributed by atoms with van der Waals surface area (Å²) < 4.78 is 9.94. The first-order chi connectivity index (χ1) is 11.6. The fourth-order valence-electron chi connectivity index (χ4n) is 2.32. The lowest BCUT2D eigenvalue weighted by molar-refractivity contribution is -0.144. The lowest BCUT2D eigenvalue weighted by Crippen LogP contribution is -2.33. The molecule has 0 aliphatic carbocycles. The molecule has 0 saturated heterocycles. The van der Waals surface area contributed by atoms with Crippen molar-refractivity contribution in [2.45, 2.75) is 71.1 Å². The number of hydrogen-bond acceptors (Lipinski definition) is 4. The minimum Gasteiger partial charge on any atom is -0.464 e. The van der Waals surface area contributed by atoms with Crippen molar-refractivity contribution in [2.75, 3.05) is 32.7 Å². The van der Waals surface area contributed by atoms with Crippen molar-refractivity contribution in [2.24, 2.45) is 0 Å². The summed E-state index contributed by atoms with van der Waals surface area (Å²) in [5.41, 5.74) is 0. The smallest absolute Gasteiger partial charge is 0.410 e. The molecule has 5 nitrogen and oxygen atoms in total. The first kappa shape index (κ1) is 23.0. The maximum Gasteiger partial charge on any atom is 0.410 e. The Bertz CT molecular complexity index is 326. The number of halogens is 1. The van der Waals surface area contributed by atoms with Gasteiger partial charge in [-0.2, -0.15) is 0 Å². The average molecular weight is 364 g/mol. The molecular weight excluding hydrogens is 330 g/mol. The van der Waals surface area contributed by atoms with E-state index >= 15 is 0 Å². The highest BCUT2D eigenvalue weighted by Crippen LogP contribution is 2.10. The number of carbonyl (C=O) groups excluding carboxylic acids is 2. The van der Waals surface area contributed by atoms with E-state index < -0.39 is 12.1 Å². The van der Waals surface area contributed by atoms with E-state index in [1.807, 2.05) is 0 Å². The molecule has 142 valence electrons. The standard InChI is InChI=1S/C18H34ClNO4/c1-3-4-5-6-7-8-9-10-11-12-14-23-17(21)16-20(2)18(22)24-15-13-19/h3-16H2,1-2H3. The minimum absolute atomic E-state index is 0.0983. The SMILES string of the molecule is CCCCCCCCCCCCOC(=O)CN(C)C(=O)OCCCl. The van der Waals surface area contributed by atoms with Gasteiger partial charge in [-0.1, -0.05) is 64.7 Å². The van der Waals surface area contributed by atoms with Crippen molar-refractivity contribution in [3.63, 3.8) is 0 Å². The summed E-state index contributed by atoms with van der Waals surface area (Å²) in [6, 6.07) is 0. The summed E-state index contributed by atoms with van der Waals surface area (Å²) in [5.74, 6) is -0.167. The molecular formula is C18H34ClNO4. The Morgan fingerprint density at radius 1 is 0.833 bits per heavy atom. The molecule has 1 amide bonds. The van der Waals surface area contributed by atoms with Crippen molar-refractivity contribution >= 4 is 23.7 Å². The molecule has 6 heteroatoms. The van der Waals surface area contributed by atoms with E-state index in [1.54, 1.807) is 0 Å². The second-order valence-corrected chi connectivity index (χ2v) is 6.44. The van der Waals surface area contributed by atoms with Gasteiger partial charge in [0.25, 0.3) is 0 Å². The number of unbranched alkanes of at least 4 members (excludes halogenated alkanes) is 9. The van der Waals surface area contributed by atoms with Crippen LogP contribution in [0.15, 0.2) is 0 Å². The van der Waals surface area contributed by atoms with Gasteiger partial charge < -0.3 is 14.4 Å². The van der Waals surface area contributed by atoms with E-state index in [0.29, 0.717) is 6.61 Å². The fraction of sp³-hybridized carbons (Fsp3) is 0.889. The van der Waals surface area contributed by atoms with Gasteiger partial charge in [0.15, 0.2) is 0 Å². The molecule has 0 atom stereocenters. The van der Waals surface area contributed by atoms with Gasteiger partial charge in [-0.25, -0.2) is 4.79 Å². The van der Waals surface area contributed by atoms with Crippen LogP contribution in [0, 0.1) is 0 Å². The number of nitrogens with zero attached hydrogens (tertiary/aromatic N) is 1. The van der Waals surface area contributed by atoms with Crippen LogP contribution in [0.4, 0.5) is 4.79 Å². The Hall–Kier alpha value is -0.970. The Morgan fingerprint density at radius 3 is 1.92 bits per heavy atom. The molecule has 0 unspecified atom stereocenters. The molecule has 0 heterocycles. The van der Waals surface area contributed by atoms with Gasteiger partial charge in [-0.15, -0.1) is 11.6 Å². The van der Waals surface area contributed by atoms with Gasteiger partial charge in [0.2, 0.25) is 0 Å². The molecule has 0 fully saturated rings. The van der Waals surface area contributed by atoms with E-state index in [4.69, 9.17) is 21.1 Å². The third kappa shape index (κ3) is 14.6. The molecule has 0 aliphatic rings. The van der Waals surface area contributed by atoms with E-state index in [2.05, 4.69) is 6.92 Å². The number of amides is 1. The van der Waals surface area contributed by atoms with Gasteiger partial charge in [-0.3, -0.25) is 4.79 Å². The van der Waals surface area contributed by atoms with Crippen LogP contribution in [-0.2, 0) is 14.3 Å². The Labute approximate surface area is 152 Å². The highest BCUT2D eigenvalue weighted by molar-refractivity contribution is 6.18. The summed E-state index contributed by atoms with van der Waals surface area (Å²) in [4.78, 5) is 24.2. The number of hydrogen-bond donors (Lipinski definition) is 0. The van der Waals surface area contributed by atoms with Crippen molar-refractivity contribution < 1.29 is 19.1 Å². The topological polar surface area (TPSA) is 55.8 Å². The highest BCUT2D eigenvalue weighted by Gasteiger charge is 2.14. The van der Waals surface area contributed by atoms with Crippen molar-refractivity contribution in [1.82, 2.24) is 4.90 Å². The number of ether oxygens (including phenoxy) is 2. The second kappa shape index (κ2) is 16.9. The van der Waals surface area contributed by atoms with Crippen LogP contribution in [0.2, 0.25) is 0 Å². The van der Waals surface area contributed by atoms with Gasteiger partial charge in [0.1, 0.15) is 13.2 Å². The predicted octanol–water partition coefficient (Wildman–Crippen LogP) is 4.76. The molecule has 24 heavy (non-hydrogen) atoms. The van der Waals surface area contributed by atoms with E-state index in [9.17, 15) is 9.59 Å². The lowest BCUT2D eigenvalue weighted by Gasteiger charge is -2.15. The average Bonchev–Trinajstić information content (AvgIpc) is 2.57. The van der Waals surface area contributed by atoms with Crippen LogP contribution >= 0.6 is 11.6 Å². The number of likely N-dealkylation sites (N-methyl/N-ethyl adjacent to an activating group) is 1. The zero-order chi connectivity index (χ0) is 18.0. The van der Waals surface area contributed by atoms with Gasteiger partial charge in [0.05, 0.1) is 12.5 Å². The molecule has 0 rings (SSSR count). The molecule has 0 N–H and O–H groups in total. The first-order valence-electron chi connectivity index (χ1n) is 9.21. The van der Waals surface area contributed by atoms with Crippen LogP contribution < -0.4 is 0 Å². The van der Waals surface area contributed by atoms with Gasteiger partial charge >= 0.3 is 12.1 Å². The summed E-state index contributed by atoms with van der Waals surface area (Å²) in [6.07, 6.45) is 11.8. The quantitative estimate of drug-likeness (QED) is 0.239. The first-order valence-corrected chi connectivity index (χ1v) is 9.74. The van der Waals surface area contributed by atoms with Gasteiger partial charge in [-0.05, 0) is 6.42 Å². The molecule has 0 saturated carbocycles. The normalized spacial score (nSPS) is 10.5. The van der Waals surface area contributed by atoms with Crippen molar-refractivity contribution in [3.05, 3.63) is 0 Å². The van der Waals surface area contributed by atoms with Crippen LogP contribution in [0.25, 0.3) is 0 Å². The van der Waals surface area contributed by atoms with Crippen LogP contribution in [0.1, 0.15) is 71.1 Å². The zero-order valence-corrected chi connectivity index (χ0v) is 16.1. The molecule has 0 aliphatic heterocycles. The number of carbonyl (C=O) groups is 2. The van der Waals surface area contributed by atoms with E-state index in [0.717, 1.165) is 12.8 Å². The highest BCUT2D eigenvalue weighted by atomic mass is 35.5. The summed E-state index contributed by atoms with van der Waals surface area (Å²) >= 11 is 5.43. The second-order valence-electron chi connectivity index (χ2n) is 6.06. The lowest BCUT2D eigenvalue weighted by atomic mass is 10.1. The van der Waals surface area contributed by atoms with Crippen molar-refractivity contribution in [1.29, 1.82) is 0 Å². The van der Waals surface area contributed by atoms with Crippen LogP contribution in [0.5, 0.6) is 0 Å². The molecule has 0 aromatic carbocycles. The Kier molecular flexibility index (Phi) is 16.2. The zero-order valence-electron chi connectivity index (χ0n) is 15.4. The maximum absolute atomic E-state index is 11.6. The van der Waals surface area contributed by atoms with Gasteiger partial charge in [0, 0.05) is 7.05 Å². The molecule has 0 radical (unpaired) electrons.